The van der Waals surface area contributed by atoms with Crippen LogP contribution in [0, 0.1) is 0 Å². The minimum atomic E-state index is -0.171. The van der Waals surface area contributed by atoms with Gasteiger partial charge in [0, 0.05) is 31.4 Å². The first-order valence-electron chi connectivity index (χ1n) is 6.72. The average molecular weight is 298 g/mol. The van der Waals surface area contributed by atoms with Crippen LogP contribution in [0.2, 0.25) is 5.02 Å². The molecule has 3 N–H and O–H groups in total. The highest BCUT2D eigenvalue weighted by molar-refractivity contribution is 6.34. The lowest BCUT2D eigenvalue weighted by Crippen LogP contribution is -2.46. The Hall–Kier alpha value is -1.30. The molecule has 0 bridgehead atoms. The summed E-state index contributed by atoms with van der Waals surface area (Å²) in [4.78, 5) is 14.4. The predicted molar refractivity (Wildman–Crippen MR) is 80.1 cm³/mol. The predicted octanol–water partition coefficient (Wildman–Crippen LogP) is 1.37. The summed E-state index contributed by atoms with van der Waals surface area (Å²) in [6, 6.07) is 4.96. The lowest BCUT2D eigenvalue weighted by Gasteiger charge is -2.29. The standard InChI is InChI=1S/C14H20ClN3O2/c1-10(9-18-4-6-20-7-5-18)17-14(19)12-3-2-11(16)8-13(12)15/h2-3,8,10H,4-7,9,16H2,1H3,(H,17,19). The summed E-state index contributed by atoms with van der Waals surface area (Å²) < 4.78 is 5.30. The summed E-state index contributed by atoms with van der Waals surface area (Å²) in [6.45, 7) is 6.11. The highest BCUT2D eigenvalue weighted by atomic mass is 35.5. The number of hydrogen-bond donors (Lipinski definition) is 2. The van der Waals surface area contributed by atoms with Crippen LogP contribution in [-0.4, -0.2) is 49.7 Å². The molecule has 0 aromatic heterocycles. The van der Waals surface area contributed by atoms with Gasteiger partial charge in [-0.25, -0.2) is 0 Å². The number of amides is 1. The minimum absolute atomic E-state index is 0.0502. The molecule has 0 radical (unpaired) electrons. The second-order valence-electron chi connectivity index (χ2n) is 5.03. The Morgan fingerprint density at radius 3 is 2.85 bits per heavy atom. The maximum absolute atomic E-state index is 12.1. The fourth-order valence-electron chi connectivity index (χ4n) is 2.23. The van der Waals surface area contributed by atoms with E-state index in [1.165, 1.54) is 0 Å². The van der Waals surface area contributed by atoms with Gasteiger partial charge in [-0.2, -0.15) is 0 Å². The molecule has 6 heteroatoms. The molecule has 1 aromatic carbocycles. The summed E-state index contributed by atoms with van der Waals surface area (Å²) in [5, 5.41) is 3.33. The lowest BCUT2D eigenvalue weighted by molar-refractivity contribution is 0.0342. The van der Waals surface area contributed by atoms with E-state index in [1.54, 1.807) is 18.2 Å². The van der Waals surface area contributed by atoms with Gasteiger partial charge in [-0.3, -0.25) is 9.69 Å². The third-order valence-electron chi connectivity index (χ3n) is 3.25. The van der Waals surface area contributed by atoms with Crippen LogP contribution in [0.25, 0.3) is 0 Å². The van der Waals surface area contributed by atoms with Gasteiger partial charge >= 0.3 is 0 Å². The number of carbonyl (C=O) groups excluding carboxylic acids is 1. The Morgan fingerprint density at radius 2 is 2.20 bits per heavy atom. The zero-order chi connectivity index (χ0) is 14.5. The van der Waals surface area contributed by atoms with Crippen molar-refractivity contribution < 1.29 is 9.53 Å². The normalized spacial score (nSPS) is 17.7. The number of morpholine rings is 1. The monoisotopic (exact) mass is 297 g/mol. The molecule has 1 aliphatic rings. The quantitative estimate of drug-likeness (QED) is 0.824. The second kappa shape index (κ2) is 6.92. The van der Waals surface area contributed by atoms with E-state index in [9.17, 15) is 4.79 Å². The maximum Gasteiger partial charge on any atom is 0.253 e. The summed E-state index contributed by atoms with van der Waals surface area (Å²) in [5.41, 5.74) is 6.62. The first-order chi connectivity index (χ1) is 9.56. The van der Waals surface area contributed by atoms with E-state index in [0.29, 0.717) is 16.3 Å². The number of nitrogens with two attached hydrogens (primary N) is 1. The summed E-state index contributed by atoms with van der Waals surface area (Å²) in [5.74, 6) is -0.171. The van der Waals surface area contributed by atoms with Crippen molar-refractivity contribution in [1.82, 2.24) is 10.2 Å². The molecule has 1 saturated heterocycles. The molecule has 0 spiro atoms. The van der Waals surface area contributed by atoms with Crippen molar-refractivity contribution in [3.63, 3.8) is 0 Å². The van der Waals surface area contributed by atoms with E-state index < -0.39 is 0 Å². The number of rotatable bonds is 4. The highest BCUT2D eigenvalue weighted by Gasteiger charge is 2.17. The van der Waals surface area contributed by atoms with Gasteiger partial charge in [0.2, 0.25) is 0 Å². The molecular weight excluding hydrogens is 278 g/mol. The fourth-order valence-corrected chi connectivity index (χ4v) is 2.51. The zero-order valence-electron chi connectivity index (χ0n) is 11.6. The Labute approximate surface area is 124 Å². The van der Waals surface area contributed by atoms with Gasteiger partial charge in [0.25, 0.3) is 5.91 Å². The Morgan fingerprint density at radius 1 is 1.50 bits per heavy atom. The number of anilines is 1. The minimum Gasteiger partial charge on any atom is -0.399 e. The molecule has 2 rings (SSSR count). The molecular formula is C14H20ClN3O2. The van der Waals surface area contributed by atoms with Gasteiger partial charge < -0.3 is 15.8 Å². The number of benzene rings is 1. The number of hydrogen-bond acceptors (Lipinski definition) is 4. The van der Waals surface area contributed by atoms with Crippen LogP contribution in [0.4, 0.5) is 5.69 Å². The number of carbonyl (C=O) groups is 1. The van der Waals surface area contributed by atoms with E-state index in [1.807, 2.05) is 6.92 Å². The van der Waals surface area contributed by atoms with Gasteiger partial charge in [0.15, 0.2) is 0 Å². The van der Waals surface area contributed by atoms with Crippen molar-refractivity contribution in [1.29, 1.82) is 0 Å². The number of nitrogen functional groups attached to an aromatic ring is 1. The number of nitrogens with zero attached hydrogens (tertiary/aromatic N) is 1. The Kier molecular flexibility index (Phi) is 5.23. The summed E-state index contributed by atoms with van der Waals surface area (Å²) in [6.07, 6.45) is 0. The highest BCUT2D eigenvalue weighted by Crippen LogP contribution is 2.19. The van der Waals surface area contributed by atoms with Crippen molar-refractivity contribution in [2.75, 3.05) is 38.6 Å². The smallest absolute Gasteiger partial charge is 0.253 e. The molecule has 1 amide bonds. The van der Waals surface area contributed by atoms with Crippen LogP contribution in [0.1, 0.15) is 17.3 Å². The molecule has 0 aliphatic carbocycles. The molecule has 1 aromatic rings. The molecule has 1 aliphatic heterocycles. The second-order valence-corrected chi connectivity index (χ2v) is 5.43. The molecule has 5 nitrogen and oxygen atoms in total. The van der Waals surface area contributed by atoms with E-state index >= 15 is 0 Å². The van der Waals surface area contributed by atoms with Gasteiger partial charge in [-0.1, -0.05) is 11.6 Å². The molecule has 0 saturated carbocycles. The van der Waals surface area contributed by atoms with Gasteiger partial charge in [-0.15, -0.1) is 0 Å². The van der Waals surface area contributed by atoms with Gasteiger partial charge in [-0.05, 0) is 25.1 Å². The van der Waals surface area contributed by atoms with Gasteiger partial charge in [0.1, 0.15) is 0 Å². The maximum atomic E-state index is 12.1. The number of nitrogens with one attached hydrogen (secondary N) is 1. The van der Waals surface area contributed by atoms with E-state index in [4.69, 9.17) is 22.1 Å². The lowest BCUT2D eigenvalue weighted by atomic mass is 10.1. The molecule has 1 atom stereocenters. The summed E-state index contributed by atoms with van der Waals surface area (Å²) in [7, 11) is 0. The first-order valence-corrected chi connectivity index (χ1v) is 7.10. The van der Waals surface area contributed by atoms with Gasteiger partial charge in [0.05, 0.1) is 23.8 Å². The third-order valence-corrected chi connectivity index (χ3v) is 3.56. The van der Waals surface area contributed by atoms with Crippen LogP contribution in [0.3, 0.4) is 0 Å². The number of halogens is 1. The van der Waals surface area contributed by atoms with Crippen molar-refractivity contribution >= 4 is 23.2 Å². The Balaban J connectivity index is 1.89. The molecule has 1 fully saturated rings. The van der Waals surface area contributed by atoms with Crippen molar-refractivity contribution in [3.8, 4) is 0 Å². The zero-order valence-corrected chi connectivity index (χ0v) is 12.3. The third kappa shape index (κ3) is 4.10. The molecule has 1 unspecified atom stereocenters. The van der Waals surface area contributed by atoms with Crippen LogP contribution in [0.15, 0.2) is 18.2 Å². The van der Waals surface area contributed by atoms with Crippen LogP contribution in [-0.2, 0) is 4.74 Å². The fraction of sp³-hybridized carbons (Fsp3) is 0.500. The van der Waals surface area contributed by atoms with E-state index in [-0.39, 0.29) is 11.9 Å². The van der Waals surface area contributed by atoms with Crippen molar-refractivity contribution in [2.45, 2.75) is 13.0 Å². The topological polar surface area (TPSA) is 67.6 Å². The van der Waals surface area contributed by atoms with Crippen molar-refractivity contribution in [3.05, 3.63) is 28.8 Å². The summed E-state index contributed by atoms with van der Waals surface area (Å²) >= 11 is 6.03. The van der Waals surface area contributed by atoms with Crippen LogP contribution < -0.4 is 11.1 Å². The van der Waals surface area contributed by atoms with Crippen molar-refractivity contribution in [2.24, 2.45) is 0 Å². The largest absolute Gasteiger partial charge is 0.399 e. The van der Waals surface area contributed by atoms with Crippen LogP contribution in [0.5, 0.6) is 0 Å². The molecule has 1 heterocycles. The molecule has 20 heavy (non-hydrogen) atoms. The average Bonchev–Trinajstić information content (AvgIpc) is 2.39. The molecule has 110 valence electrons. The Bertz CT molecular complexity index is 475. The van der Waals surface area contributed by atoms with Crippen LogP contribution >= 0.6 is 11.6 Å². The first kappa shape index (κ1) is 15.1. The SMILES string of the molecule is CC(CN1CCOCC1)NC(=O)c1ccc(N)cc1Cl. The number of ether oxygens (including phenoxy) is 1. The van der Waals surface area contributed by atoms with E-state index in [0.717, 1.165) is 32.8 Å². The van der Waals surface area contributed by atoms with E-state index in [2.05, 4.69) is 10.2 Å².